The number of aryl methyl sites for hydroxylation is 2. The maximum Gasteiger partial charge on any atom is 0.278 e. The third kappa shape index (κ3) is 2.51. The van der Waals surface area contributed by atoms with Crippen LogP contribution in [0.15, 0.2) is 30.3 Å². The molecule has 3 heterocycles. The number of hydrogen-bond donors (Lipinski definition) is 2. The number of carbonyl (C=O) groups is 1. The van der Waals surface area contributed by atoms with Gasteiger partial charge in [-0.1, -0.05) is 12.1 Å². The van der Waals surface area contributed by atoms with Crippen molar-refractivity contribution in [1.82, 2.24) is 25.0 Å². The van der Waals surface area contributed by atoms with Crippen molar-refractivity contribution in [3.05, 3.63) is 41.7 Å². The van der Waals surface area contributed by atoms with E-state index < -0.39 is 0 Å². The molecule has 0 aliphatic carbocycles. The van der Waals surface area contributed by atoms with Crippen molar-refractivity contribution in [2.75, 3.05) is 12.4 Å². The molecular formula is C16H16N6O2. The van der Waals surface area contributed by atoms with Gasteiger partial charge in [-0.25, -0.2) is 0 Å². The predicted molar refractivity (Wildman–Crippen MR) is 86.9 cm³/mol. The van der Waals surface area contributed by atoms with Gasteiger partial charge in [0.2, 0.25) is 5.95 Å². The molecule has 8 nitrogen and oxygen atoms in total. The summed E-state index contributed by atoms with van der Waals surface area (Å²) in [5.41, 5.74) is 2.24. The smallest absolute Gasteiger partial charge is 0.278 e. The summed E-state index contributed by atoms with van der Waals surface area (Å²) in [4.78, 5) is 16.6. The Balaban J connectivity index is 1.53. The van der Waals surface area contributed by atoms with Crippen molar-refractivity contribution in [3.63, 3.8) is 0 Å². The molecular weight excluding hydrogens is 308 g/mol. The van der Waals surface area contributed by atoms with E-state index in [1.165, 1.54) is 0 Å². The summed E-state index contributed by atoms with van der Waals surface area (Å²) in [5, 5.41) is 13.8. The number of para-hydroxylation sites is 1. The van der Waals surface area contributed by atoms with Gasteiger partial charge in [-0.15, -0.1) is 5.10 Å². The van der Waals surface area contributed by atoms with E-state index in [2.05, 4.69) is 25.6 Å². The van der Waals surface area contributed by atoms with Gasteiger partial charge >= 0.3 is 0 Å². The van der Waals surface area contributed by atoms with Gasteiger partial charge in [0.1, 0.15) is 5.75 Å². The van der Waals surface area contributed by atoms with Gasteiger partial charge < -0.3 is 4.74 Å². The van der Waals surface area contributed by atoms with E-state index in [9.17, 15) is 4.79 Å². The zero-order valence-electron chi connectivity index (χ0n) is 13.1. The number of aromatic amines is 1. The van der Waals surface area contributed by atoms with Crippen LogP contribution in [-0.4, -0.2) is 38.0 Å². The Labute approximate surface area is 137 Å². The topological polar surface area (TPSA) is 97.7 Å². The lowest BCUT2D eigenvalue weighted by Gasteiger charge is -2.04. The Bertz CT molecular complexity index is 876. The van der Waals surface area contributed by atoms with E-state index in [-0.39, 0.29) is 11.9 Å². The molecule has 0 atom stereocenters. The van der Waals surface area contributed by atoms with Gasteiger partial charge in [0, 0.05) is 12.2 Å². The molecule has 0 unspecified atom stereocenters. The van der Waals surface area contributed by atoms with Crippen molar-refractivity contribution >= 4 is 11.9 Å². The van der Waals surface area contributed by atoms with Crippen LogP contribution < -0.4 is 10.1 Å². The number of amides is 1. The van der Waals surface area contributed by atoms with Crippen molar-refractivity contribution in [3.8, 4) is 17.1 Å². The first-order valence-corrected chi connectivity index (χ1v) is 7.68. The number of nitrogens with zero attached hydrogens (tertiary/aromatic N) is 4. The average molecular weight is 324 g/mol. The molecule has 1 aromatic carbocycles. The second-order valence-corrected chi connectivity index (χ2v) is 5.51. The predicted octanol–water partition coefficient (Wildman–Crippen LogP) is 1.88. The zero-order valence-corrected chi connectivity index (χ0v) is 13.1. The molecule has 0 spiro atoms. The number of rotatable bonds is 4. The van der Waals surface area contributed by atoms with Crippen molar-refractivity contribution in [2.45, 2.75) is 19.4 Å². The number of fused-ring (bicyclic) bond motifs is 1. The summed E-state index contributed by atoms with van der Waals surface area (Å²) in [5.74, 6) is 1.09. The monoisotopic (exact) mass is 324 g/mol. The number of ether oxygens (including phenoxy) is 1. The van der Waals surface area contributed by atoms with Crippen molar-refractivity contribution in [2.24, 2.45) is 0 Å². The number of carbonyl (C=O) groups excluding carboxylic acids is 1. The highest BCUT2D eigenvalue weighted by molar-refractivity contribution is 6.02. The van der Waals surface area contributed by atoms with E-state index in [0.29, 0.717) is 17.3 Å². The molecule has 0 saturated heterocycles. The third-order valence-electron chi connectivity index (χ3n) is 3.97. The number of aromatic nitrogens is 5. The van der Waals surface area contributed by atoms with Gasteiger partial charge in [0.05, 0.1) is 12.7 Å². The van der Waals surface area contributed by atoms with E-state index in [0.717, 1.165) is 30.6 Å². The summed E-state index contributed by atoms with van der Waals surface area (Å²) in [6.07, 6.45) is 2.03. The molecule has 122 valence electrons. The Morgan fingerprint density at radius 2 is 2.25 bits per heavy atom. The number of methoxy groups -OCH3 is 1. The van der Waals surface area contributed by atoms with Gasteiger partial charge in [-0.3, -0.25) is 19.9 Å². The first-order valence-electron chi connectivity index (χ1n) is 7.68. The van der Waals surface area contributed by atoms with Crippen LogP contribution in [-0.2, 0) is 13.0 Å². The second kappa shape index (κ2) is 5.80. The van der Waals surface area contributed by atoms with Crippen LogP contribution in [0.25, 0.3) is 11.4 Å². The number of benzene rings is 1. The number of anilines is 1. The summed E-state index contributed by atoms with van der Waals surface area (Å²) in [7, 11) is 1.59. The molecule has 2 aromatic heterocycles. The van der Waals surface area contributed by atoms with Crippen LogP contribution in [0.5, 0.6) is 5.75 Å². The molecule has 3 aromatic rings. The molecule has 1 amide bonds. The standard InChI is InChI=1S/C16H16N6O2/c1-24-13-7-3-2-6-11(13)14-17-16(20-19-14)18-15(23)12-9-10-5-4-8-22(10)21-12/h2-3,6-7,9H,4-5,8H2,1H3,(H2,17,18,19,20,23). The first kappa shape index (κ1) is 14.4. The molecule has 0 fully saturated rings. The Kier molecular flexibility index (Phi) is 3.49. The maximum absolute atomic E-state index is 12.3. The summed E-state index contributed by atoms with van der Waals surface area (Å²) in [6.45, 7) is 0.862. The summed E-state index contributed by atoms with van der Waals surface area (Å²) in [6, 6.07) is 9.27. The second-order valence-electron chi connectivity index (χ2n) is 5.51. The number of nitrogens with one attached hydrogen (secondary N) is 2. The van der Waals surface area contributed by atoms with E-state index in [1.807, 2.05) is 35.0 Å². The minimum atomic E-state index is -0.317. The van der Waals surface area contributed by atoms with E-state index >= 15 is 0 Å². The summed E-state index contributed by atoms with van der Waals surface area (Å²) < 4.78 is 7.17. The van der Waals surface area contributed by atoms with Gasteiger partial charge in [-0.2, -0.15) is 10.1 Å². The molecule has 1 aliphatic rings. The van der Waals surface area contributed by atoms with Crippen LogP contribution >= 0.6 is 0 Å². The largest absolute Gasteiger partial charge is 0.496 e. The lowest BCUT2D eigenvalue weighted by Crippen LogP contribution is -2.14. The fourth-order valence-corrected chi connectivity index (χ4v) is 2.82. The molecule has 0 saturated carbocycles. The quantitative estimate of drug-likeness (QED) is 0.763. The highest BCUT2D eigenvalue weighted by Crippen LogP contribution is 2.27. The number of H-pyrrole nitrogens is 1. The van der Waals surface area contributed by atoms with Crippen LogP contribution in [0.3, 0.4) is 0 Å². The highest BCUT2D eigenvalue weighted by atomic mass is 16.5. The normalized spacial score (nSPS) is 12.9. The van der Waals surface area contributed by atoms with Crippen LogP contribution in [0.4, 0.5) is 5.95 Å². The molecule has 2 N–H and O–H groups in total. The summed E-state index contributed by atoms with van der Waals surface area (Å²) >= 11 is 0. The number of hydrogen-bond acceptors (Lipinski definition) is 5. The van der Waals surface area contributed by atoms with Crippen LogP contribution in [0, 0.1) is 0 Å². The third-order valence-corrected chi connectivity index (χ3v) is 3.97. The lowest BCUT2D eigenvalue weighted by atomic mass is 10.2. The average Bonchev–Trinajstić information content (AvgIpc) is 3.30. The Hall–Kier alpha value is -3.16. The molecule has 0 radical (unpaired) electrons. The highest BCUT2D eigenvalue weighted by Gasteiger charge is 2.19. The Morgan fingerprint density at radius 1 is 1.38 bits per heavy atom. The van der Waals surface area contributed by atoms with Gasteiger partial charge in [-0.05, 0) is 31.0 Å². The van der Waals surface area contributed by atoms with Crippen LogP contribution in [0.2, 0.25) is 0 Å². The lowest BCUT2D eigenvalue weighted by molar-refractivity contribution is 0.102. The fraction of sp³-hybridized carbons (Fsp3) is 0.250. The minimum absolute atomic E-state index is 0.203. The zero-order chi connectivity index (χ0) is 16.5. The molecule has 4 rings (SSSR count). The van der Waals surface area contributed by atoms with Crippen LogP contribution in [0.1, 0.15) is 22.6 Å². The minimum Gasteiger partial charge on any atom is -0.496 e. The maximum atomic E-state index is 12.3. The fourth-order valence-electron chi connectivity index (χ4n) is 2.82. The molecule has 1 aliphatic heterocycles. The van der Waals surface area contributed by atoms with E-state index in [4.69, 9.17) is 4.74 Å². The van der Waals surface area contributed by atoms with Gasteiger partial charge in [0.25, 0.3) is 5.91 Å². The molecule has 24 heavy (non-hydrogen) atoms. The van der Waals surface area contributed by atoms with Crippen molar-refractivity contribution < 1.29 is 9.53 Å². The molecule has 8 heteroatoms. The van der Waals surface area contributed by atoms with Gasteiger partial charge in [0.15, 0.2) is 11.5 Å². The SMILES string of the molecule is COc1ccccc1-c1nc(NC(=O)c2cc3n(n2)CCC3)n[nH]1. The van der Waals surface area contributed by atoms with E-state index in [1.54, 1.807) is 7.11 Å². The molecule has 0 bridgehead atoms. The first-order chi connectivity index (χ1) is 11.7. The Morgan fingerprint density at radius 3 is 3.08 bits per heavy atom. The van der Waals surface area contributed by atoms with Crippen molar-refractivity contribution in [1.29, 1.82) is 0 Å².